The predicted molar refractivity (Wildman–Crippen MR) is 105 cm³/mol. The summed E-state index contributed by atoms with van der Waals surface area (Å²) < 4.78 is 44.9. The Kier molecular flexibility index (Phi) is 8.98. The van der Waals surface area contributed by atoms with Gasteiger partial charge in [-0.3, -0.25) is 9.59 Å². The number of carbonyl (C=O) groups excluding carboxylic acids is 2. The van der Waals surface area contributed by atoms with E-state index in [0.29, 0.717) is 30.7 Å². The minimum absolute atomic E-state index is 0.0245. The first-order chi connectivity index (χ1) is 13.0. The van der Waals surface area contributed by atoms with Crippen LogP contribution in [0.3, 0.4) is 0 Å². The molecule has 8 heteroatoms. The van der Waals surface area contributed by atoms with Gasteiger partial charge in [-0.25, -0.2) is 0 Å². The van der Waals surface area contributed by atoms with Gasteiger partial charge in [0.2, 0.25) is 0 Å². The van der Waals surface area contributed by atoms with E-state index in [-0.39, 0.29) is 36.3 Å². The first-order valence-corrected chi connectivity index (χ1v) is 10.5. The average molecular weight is 422 g/mol. The number of nitrogens with zero attached hydrogens (tertiary/aromatic N) is 1. The van der Waals surface area contributed by atoms with E-state index in [1.165, 1.54) is 12.3 Å². The summed E-state index contributed by atoms with van der Waals surface area (Å²) in [7, 11) is 0. The molecule has 1 heterocycles. The summed E-state index contributed by atoms with van der Waals surface area (Å²) in [6.07, 6.45) is -2.38. The second kappa shape index (κ2) is 10.3. The quantitative estimate of drug-likeness (QED) is 0.470. The maximum Gasteiger partial charge on any atom is 0.425 e. The van der Waals surface area contributed by atoms with Crippen LogP contribution in [0.1, 0.15) is 65.2 Å². The number of Topliss-reactive ketones (excluding diaryl/α,β-unsaturated/α-hetero) is 1. The number of amides is 1. The van der Waals surface area contributed by atoms with Gasteiger partial charge in [-0.15, -0.1) is 11.3 Å². The third-order valence-corrected chi connectivity index (χ3v) is 5.92. The Morgan fingerprint density at radius 1 is 1.25 bits per heavy atom. The molecule has 160 valence electrons. The Bertz CT molecular complexity index is 659. The van der Waals surface area contributed by atoms with Crippen molar-refractivity contribution in [3.63, 3.8) is 0 Å². The lowest BCUT2D eigenvalue weighted by molar-refractivity contribution is -0.154. The topological polar surface area (TPSA) is 46.6 Å². The molecule has 0 aliphatic carbocycles. The fourth-order valence-electron chi connectivity index (χ4n) is 3.29. The second-order valence-corrected chi connectivity index (χ2v) is 7.93. The van der Waals surface area contributed by atoms with Crippen molar-refractivity contribution in [2.24, 2.45) is 5.92 Å². The monoisotopic (exact) mass is 421 g/mol. The molecule has 0 aromatic carbocycles. The van der Waals surface area contributed by atoms with E-state index in [0.717, 1.165) is 12.5 Å². The van der Waals surface area contributed by atoms with Crippen LogP contribution in [-0.2, 0) is 15.8 Å². The molecule has 0 saturated heterocycles. The molecule has 0 saturated carbocycles. The van der Waals surface area contributed by atoms with E-state index in [2.05, 4.69) is 0 Å². The first-order valence-electron chi connectivity index (χ1n) is 9.65. The van der Waals surface area contributed by atoms with Crippen LogP contribution < -0.4 is 4.74 Å². The molecule has 1 rings (SSSR count). The third-order valence-electron chi connectivity index (χ3n) is 4.96. The minimum Gasteiger partial charge on any atom is -0.476 e. The molecule has 0 spiro atoms. The number of thiophene rings is 1. The number of halogens is 3. The van der Waals surface area contributed by atoms with Crippen LogP contribution in [0.5, 0.6) is 5.75 Å². The molecule has 2 atom stereocenters. The Labute approximate surface area is 169 Å². The number of hydrogen-bond acceptors (Lipinski definition) is 4. The SMILES string of the molecule is CCC[C@@H](C)[C@](CC)(Oc1csc(C(F)(F)F)c1)C(=O)N(CC)CCC(C)=O. The summed E-state index contributed by atoms with van der Waals surface area (Å²) in [6.45, 7) is 9.63. The highest BCUT2D eigenvalue weighted by Gasteiger charge is 2.46. The van der Waals surface area contributed by atoms with E-state index in [9.17, 15) is 22.8 Å². The van der Waals surface area contributed by atoms with Crippen LogP contribution >= 0.6 is 11.3 Å². The van der Waals surface area contributed by atoms with Gasteiger partial charge in [-0.2, -0.15) is 13.2 Å². The average Bonchev–Trinajstić information content (AvgIpc) is 3.08. The van der Waals surface area contributed by atoms with Gasteiger partial charge in [-0.1, -0.05) is 27.2 Å². The molecular weight excluding hydrogens is 391 g/mol. The Morgan fingerprint density at radius 3 is 2.32 bits per heavy atom. The normalized spacial score (nSPS) is 15.0. The fourth-order valence-corrected chi connectivity index (χ4v) is 3.96. The number of ether oxygens (including phenoxy) is 1. The van der Waals surface area contributed by atoms with Crippen molar-refractivity contribution in [1.82, 2.24) is 4.90 Å². The number of carbonyl (C=O) groups is 2. The van der Waals surface area contributed by atoms with Crippen molar-refractivity contribution < 1.29 is 27.5 Å². The summed E-state index contributed by atoms with van der Waals surface area (Å²) in [6, 6.07) is 0.951. The van der Waals surface area contributed by atoms with E-state index in [1.54, 1.807) is 11.8 Å². The highest BCUT2D eigenvalue weighted by molar-refractivity contribution is 7.10. The van der Waals surface area contributed by atoms with Crippen molar-refractivity contribution in [3.05, 3.63) is 16.3 Å². The zero-order valence-corrected chi connectivity index (χ0v) is 18.0. The number of ketones is 1. The lowest BCUT2D eigenvalue weighted by atomic mass is 9.81. The molecule has 0 bridgehead atoms. The predicted octanol–water partition coefficient (Wildman–Crippen LogP) is 5.56. The van der Waals surface area contributed by atoms with Gasteiger partial charge in [0.25, 0.3) is 5.91 Å². The number of hydrogen-bond donors (Lipinski definition) is 0. The van der Waals surface area contributed by atoms with Gasteiger partial charge >= 0.3 is 6.18 Å². The summed E-state index contributed by atoms with van der Waals surface area (Å²) in [5, 5.41) is 1.30. The smallest absolute Gasteiger partial charge is 0.425 e. The van der Waals surface area contributed by atoms with Gasteiger partial charge < -0.3 is 9.64 Å². The van der Waals surface area contributed by atoms with Crippen LogP contribution in [0.15, 0.2) is 11.4 Å². The largest absolute Gasteiger partial charge is 0.476 e. The van der Waals surface area contributed by atoms with Gasteiger partial charge in [-0.05, 0) is 26.7 Å². The lowest BCUT2D eigenvalue weighted by Crippen LogP contribution is -2.56. The number of rotatable bonds is 11. The van der Waals surface area contributed by atoms with Crippen LogP contribution in [0.2, 0.25) is 0 Å². The van der Waals surface area contributed by atoms with Crippen molar-refractivity contribution >= 4 is 23.0 Å². The summed E-state index contributed by atoms with van der Waals surface area (Å²) in [4.78, 5) is 25.6. The van der Waals surface area contributed by atoms with Gasteiger partial charge in [0.1, 0.15) is 16.4 Å². The van der Waals surface area contributed by atoms with Crippen LogP contribution in [0.25, 0.3) is 0 Å². The maximum atomic E-state index is 13.4. The highest BCUT2D eigenvalue weighted by atomic mass is 32.1. The van der Waals surface area contributed by atoms with Crippen molar-refractivity contribution in [3.8, 4) is 5.75 Å². The summed E-state index contributed by atoms with van der Waals surface area (Å²) in [5.41, 5.74) is -1.27. The Morgan fingerprint density at radius 2 is 1.89 bits per heavy atom. The number of likely N-dealkylation sites (N-methyl/N-ethyl adjacent to an activating group) is 1. The zero-order valence-electron chi connectivity index (χ0n) is 17.2. The van der Waals surface area contributed by atoms with Gasteiger partial charge in [0.15, 0.2) is 5.60 Å². The van der Waals surface area contributed by atoms with Crippen molar-refractivity contribution in [2.75, 3.05) is 13.1 Å². The molecule has 0 N–H and O–H groups in total. The van der Waals surface area contributed by atoms with Crippen molar-refractivity contribution in [2.45, 2.75) is 72.1 Å². The maximum absolute atomic E-state index is 13.4. The molecule has 4 nitrogen and oxygen atoms in total. The molecule has 0 radical (unpaired) electrons. The molecule has 0 aliphatic heterocycles. The Hall–Kier alpha value is -1.57. The Balaban J connectivity index is 3.26. The molecule has 1 amide bonds. The van der Waals surface area contributed by atoms with E-state index in [4.69, 9.17) is 4.74 Å². The van der Waals surface area contributed by atoms with Gasteiger partial charge in [0.05, 0.1) is 0 Å². The van der Waals surface area contributed by atoms with E-state index < -0.39 is 16.7 Å². The van der Waals surface area contributed by atoms with E-state index in [1.807, 2.05) is 20.8 Å². The molecular formula is C20H30F3NO3S. The molecule has 1 aromatic rings. The summed E-state index contributed by atoms with van der Waals surface area (Å²) >= 11 is 0.553. The molecule has 1 aromatic heterocycles. The molecule has 28 heavy (non-hydrogen) atoms. The highest BCUT2D eigenvalue weighted by Crippen LogP contribution is 2.40. The van der Waals surface area contributed by atoms with Crippen LogP contribution in [0, 0.1) is 5.92 Å². The fraction of sp³-hybridized carbons (Fsp3) is 0.700. The second-order valence-electron chi connectivity index (χ2n) is 7.02. The third kappa shape index (κ3) is 5.96. The van der Waals surface area contributed by atoms with E-state index >= 15 is 0 Å². The molecule has 0 unspecified atom stereocenters. The number of alkyl halides is 3. The van der Waals surface area contributed by atoms with Crippen LogP contribution in [-0.4, -0.2) is 35.3 Å². The minimum atomic E-state index is -4.45. The standard InChI is InChI=1S/C20H30F3NO3S/c1-6-9-14(4)19(7-2,18(26)24(8-3)11-10-15(5)25)27-16-12-17(28-13-16)20(21,22)23/h12-14H,6-11H2,1-5H3/t14-,19+/m1/s1. The lowest BCUT2D eigenvalue weighted by Gasteiger charge is -2.40. The molecule has 0 fully saturated rings. The van der Waals surface area contributed by atoms with Crippen molar-refractivity contribution in [1.29, 1.82) is 0 Å². The first kappa shape index (κ1) is 24.5. The van der Waals surface area contributed by atoms with Crippen LogP contribution in [0.4, 0.5) is 13.2 Å². The molecule has 0 aliphatic rings. The zero-order chi connectivity index (χ0) is 21.5. The summed E-state index contributed by atoms with van der Waals surface area (Å²) in [5.74, 6) is -0.448. The van der Waals surface area contributed by atoms with Gasteiger partial charge in [0, 0.05) is 36.9 Å².